The van der Waals surface area contributed by atoms with Crippen LogP contribution < -0.4 is 20.7 Å². The fourth-order valence-electron chi connectivity index (χ4n) is 27.1. The summed E-state index contributed by atoms with van der Waals surface area (Å²) >= 11 is 0. The van der Waals surface area contributed by atoms with Crippen LogP contribution in [0.2, 0.25) is 26.2 Å². The number of rotatable bonds is 32. The molecule has 1 atom stereocenters. The first-order chi connectivity index (χ1) is 66.3. The molecular formula is C132H134O2Si2. The van der Waals surface area contributed by atoms with Gasteiger partial charge in [-0.2, -0.15) is 0 Å². The molecular weight excluding hydrogens is 1670 g/mol. The predicted molar refractivity (Wildman–Crippen MR) is 588 cm³/mol. The Morgan fingerprint density at radius 1 is 0.213 bits per heavy atom. The van der Waals surface area contributed by atoms with Crippen molar-refractivity contribution in [2.75, 3.05) is 0 Å². The van der Waals surface area contributed by atoms with Gasteiger partial charge in [-0.25, -0.2) is 0 Å². The zero-order chi connectivity index (χ0) is 92.7. The van der Waals surface area contributed by atoms with Gasteiger partial charge in [0.25, 0.3) is 0 Å². The molecule has 682 valence electrons. The smallest absolute Gasteiger partial charge is 0.143 e. The molecule has 2 aromatic heterocycles. The summed E-state index contributed by atoms with van der Waals surface area (Å²) in [4.78, 5) is 0. The predicted octanol–water partition coefficient (Wildman–Crippen LogP) is 36.5. The highest BCUT2D eigenvalue weighted by Gasteiger charge is 2.50. The zero-order valence-corrected chi connectivity index (χ0v) is 84.8. The molecule has 0 bridgehead atoms. The minimum atomic E-state index is -2.45. The van der Waals surface area contributed by atoms with E-state index in [0.29, 0.717) is 0 Å². The maximum atomic E-state index is 7.37. The van der Waals surface area contributed by atoms with Crippen molar-refractivity contribution in [3.8, 4) is 134 Å². The topological polar surface area (TPSA) is 26.3 Å². The van der Waals surface area contributed by atoms with Crippen LogP contribution in [0.5, 0.6) is 0 Å². The number of hydrogen-bond acceptors (Lipinski definition) is 2. The van der Waals surface area contributed by atoms with E-state index in [-0.39, 0.29) is 21.7 Å². The second kappa shape index (κ2) is 34.8. The fraction of sp³-hybridized carbons (Fsp3) is 0.318. The number of furan rings is 2. The van der Waals surface area contributed by atoms with Crippen molar-refractivity contribution in [1.82, 2.24) is 0 Å². The van der Waals surface area contributed by atoms with Crippen LogP contribution in [0.1, 0.15) is 267 Å². The third kappa shape index (κ3) is 14.2. The molecule has 0 spiro atoms. The van der Waals surface area contributed by atoms with Crippen molar-refractivity contribution in [1.29, 1.82) is 0 Å². The molecule has 0 amide bonds. The SMILES string of the molecule is CCCCCCCCC1(CCCCCC)c2ccccc2-c2ccc(-c3ccc4c(c3)C(C)(C)c3cc(-c5ccc(-c6cc7c(c8oc9ccccc9c68)-c6cc8c(cc6[Si]7(C)C)-c6c(cc(-c7ccc(-c9ccc%10c(c9)C(C)(C)c9cc(-c%11ccc%12c(c%11)C(CCCCCCCC)(CCCCCCCC)c%11ccccc%11-%12)ccc9-%10)cc7)c7c6oc6ccccc67)[Si]8(C)C)cc5)ccc3-4)cc21. The van der Waals surface area contributed by atoms with Crippen LogP contribution in [-0.2, 0) is 21.7 Å². The lowest BCUT2D eigenvalue weighted by Gasteiger charge is -2.33. The van der Waals surface area contributed by atoms with Crippen LogP contribution in [0, 0.1) is 0 Å². The van der Waals surface area contributed by atoms with Crippen LogP contribution in [0.15, 0.2) is 288 Å². The van der Waals surface area contributed by atoms with Gasteiger partial charge in [-0.3, -0.25) is 0 Å². The van der Waals surface area contributed by atoms with Crippen LogP contribution in [-0.4, -0.2) is 16.1 Å². The Balaban J connectivity index is 0.532. The van der Waals surface area contributed by atoms with Gasteiger partial charge in [0, 0.05) is 54.3 Å². The molecule has 4 heteroatoms. The van der Waals surface area contributed by atoms with Gasteiger partial charge < -0.3 is 8.83 Å². The van der Waals surface area contributed by atoms with E-state index in [4.69, 9.17) is 8.83 Å². The quantitative estimate of drug-likeness (QED) is 0.0310. The molecule has 2 nitrogen and oxygen atoms in total. The molecule has 4 heterocycles. The van der Waals surface area contributed by atoms with E-state index >= 15 is 0 Å². The Labute approximate surface area is 810 Å². The fourth-order valence-corrected chi connectivity index (χ4v) is 33.2. The molecule has 23 rings (SSSR count). The van der Waals surface area contributed by atoms with Crippen LogP contribution in [0.3, 0.4) is 0 Å². The first-order valence-corrected chi connectivity index (χ1v) is 58.7. The Hall–Kier alpha value is -11.7. The lowest BCUT2D eigenvalue weighted by molar-refractivity contribution is 0.398. The monoisotopic (exact) mass is 1810 g/mol. The maximum absolute atomic E-state index is 7.37. The highest BCUT2D eigenvalue weighted by atomic mass is 28.3. The summed E-state index contributed by atoms with van der Waals surface area (Å²) in [5.74, 6) is 0. The third-order valence-electron chi connectivity index (χ3n) is 34.6. The number of hydrogen-bond donors (Lipinski definition) is 0. The first kappa shape index (κ1) is 88.3. The first-order valence-electron chi connectivity index (χ1n) is 52.7. The minimum Gasteiger partial charge on any atom is -0.455 e. The highest BCUT2D eigenvalue weighted by molar-refractivity contribution is 7.06. The molecule has 4 aliphatic carbocycles. The molecule has 0 saturated heterocycles. The van der Waals surface area contributed by atoms with Gasteiger partial charge in [0.05, 0.1) is 0 Å². The Morgan fingerprint density at radius 2 is 0.463 bits per heavy atom. The number of para-hydroxylation sites is 2. The lowest BCUT2D eigenvalue weighted by atomic mass is 9.70. The highest BCUT2D eigenvalue weighted by Crippen LogP contribution is 2.61. The Kier molecular flexibility index (Phi) is 22.6. The summed E-state index contributed by atoms with van der Waals surface area (Å²) in [5, 5.41) is 10.6. The zero-order valence-electron chi connectivity index (χ0n) is 82.8. The molecule has 0 saturated carbocycles. The Bertz CT molecular complexity index is 7400. The average molecular weight is 1810 g/mol. The van der Waals surface area contributed by atoms with Gasteiger partial charge >= 0.3 is 0 Å². The molecule has 1 unspecified atom stereocenters. The largest absolute Gasteiger partial charge is 0.455 e. The standard InChI is InChI=1S/C132H134O2Si2/c1-13-17-21-25-28-40-72-131(71-39-24-20-16-4)109-47-35-31-43-95(109)101-69-63-93(79-115(101)131)91-61-67-99-97-65-59-89(75-111(97)129(5,6)113(99)77-91)85-51-55-87(56-52-85)105-81-121-125(127-123(105)103-45-33-37-49-117(103)133-127)107-83-120-108(84-119(107)135(121,9)10)126-122(136(120,11)12)82-106(124-104-46-34-38-50-118(104)134-128(124)126)88-57-53-86(54-58-88)90-60-66-98-100-68-62-92(78-114(100)130(7,8)112(98)76-90)94-64-70-102-96-44-32-36-48-110(96)132(116(102)80-94,73-41-29-26-22-18-14-2)74-42-30-27-23-19-15-3/h31-38,43-70,75-84H,13-30,39-42,71-74H2,1-12H3. The third-order valence-corrected chi connectivity index (χ3v) is 41.6. The second-order valence-electron chi connectivity index (χ2n) is 44.1. The van der Waals surface area contributed by atoms with Crippen molar-refractivity contribution in [2.24, 2.45) is 0 Å². The van der Waals surface area contributed by atoms with Gasteiger partial charge in [-0.15, -0.1) is 0 Å². The number of benzene rings is 15. The van der Waals surface area contributed by atoms with E-state index in [9.17, 15) is 0 Å². The minimum absolute atomic E-state index is 0.0416. The molecule has 0 N–H and O–H groups in total. The van der Waals surface area contributed by atoms with Crippen molar-refractivity contribution >= 4 is 80.8 Å². The maximum Gasteiger partial charge on any atom is 0.143 e. The van der Waals surface area contributed by atoms with Crippen molar-refractivity contribution in [3.63, 3.8) is 0 Å². The molecule has 17 aromatic rings. The van der Waals surface area contributed by atoms with Crippen LogP contribution in [0.25, 0.3) is 177 Å². The molecule has 6 aliphatic rings. The van der Waals surface area contributed by atoms with Crippen molar-refractivity contribution in [2.45, 2.75) is 270 Å². The summed E-state index contributed by atoms with van der Waals surface area (Å²) in [5.41, 5.74) is 47.2. The van der Waals surface area contributed by atoms with Crippen molar-refractivity contribution in [3.05, 3.63) is 324 Å². The lowest BCUT2D eigenvalue weighted by Crippen LogP contribution is -2.51. The number of unbranched alkanes of at least 4 members (excludes halogenated alkanes) is 18. The molecule has 0 radical (unpaired) electrons. The van der Waals surface area contributed by atoms with E-state index < -0.39 is 16.1 Å². The molecule has 2 aliphatic heterocycles. The van der Waals surface area contributed by atoms with Crippen molar-refractivity contribution < 1.29 is 8.83 Å². The molecule has 0 fully saturated rings. The van der Waals surface area contributed by atoms with Crippen LogP contribution >= 0.6 is 0 Å². The summed E-state index contributed by atoms with van der Waals surface area (Å²) in [7, 11) is -4.89. The summed E-state index contributed by atoms with van der Waals surface area (Å²) in [6.07, 6.45) is 33.8. The van der Waals surface area contributed by atoms with E-state index in [2.05, 4.69) is 361 Å². The van der Waals surface area contributed by atoms with Gasteiger partial charge in [0.1, 0.15) is 38.5 Å². The van der Waals surface area contributed by atoms with Gasteiger partial charge in [-0.05, 0) is 262 Å². The van der Waals surface area contributed by atoms with E-state index in [1.54, 1.807) is 22.3 Å². The second-order valence-corrected chi connectivity index (χ2v) is 52.7. The van der Waals surface area contributed by atoms with E-state index in [1.165, 1.54) is 354 Å². The normalized spacial score (nSPS) is 16.1. The summed E-state index contributed by atoms with van der Waals surface area (Å²) in [6, 6.07) is 111. The van der Waals surface area contributed by atoms with E-state index in [1.807, 2.05) is 0 Å². The van der Waals surface area contributed by atoms with Gasteiger partial charge in [-0.1, -0.05) is 453 Å². The van der Waals surface area contributed by atoms with Gasteiger partial charge in [0.2, 0.25) is 0 Å². The van der Waals surface area contributed by atoms with Crippen LogP contribution in [0.4, 0.5) is 0 Å². The summed E-state index contributed by atoms with van der Waals surface area (Å²) < 4.78 is 14.7. The average Bonchev–Trinajstić information content (AvgIpc) is 1.51. The van der Waals surface area contributed by atoms with E-state index in [0.717, 1.165) is 33.1 Å². The number of fused-ring (bicyclic) bond motifs is 26. The summed E-state index contributed by atoms with van der Waals surface area (Å²) in [6.45, 7) is 29.6. The van der Waals surface area contributed by atoms with Gasteiger partial charge in [0.15, 0.2) is 0 Å². The Morgan fingerprint density at radius 3 is 0.801 bits per heavy atom. The molecule has 15 aromatic carbocycles. The molecule has 136 heavy (non-hydrogen) atoms.